The summed E-state index contributed by atoms with van der Waals surface area (Å²) in [6, 6.07) is 0.436. The van der Waals surface area contributed by atoms with Gasteiger partial charge >= 0.3 is 0 Å². The number of hydrogen-bond acceptors (Lipinski definition) is 3. The van der Waals surface area contributed by atoms with Gasteiger partial charge in [-0.3, -0.25) is 4.21 Å². The van der Waals surface area contributed by atoms with Gasteiger partial charge in [-0.2, -0.15) is 0 Å². The van der Waals surface area contributed by atoms with Crippen molar-refractivity contribution in [1.29, 1.82) is 0 Å². The molecule has 17 heavy (non-hydrogen) atoms. The molecule has 0 aromatic heterocycles. The molecule has 0 bridgehead atoms. The van der Waals surface area contributed by atoms with Gasteiger partial charge in [0.15, 0.2) is 0 Å². The molecule has 0 radical (unpaired) electrons. The second kappa shape index (κ2) is 6.30. The number of nitrogens with one attached hydrogen (secondary N) is 1. The Kier molecular flexibility index (Phi) is 5.00. The van der Waals surface area contributed by atoms with Gasteiger partial charge in [0, 0.05) is 29.2 Å². The van der Waals surface area contributed by atoms with Crippen LogP contribution in [0.5, 0.6) is 0 Å². The molecule has 0 aromatic rings. The molecule has 3 nitrogen and oxygen atoms in total. The van der Waals surface area contributed by atoms with E-state index in [0.29, 0.717) is 6.04 Å². The predicted molar refractivity (Wildman–Crippen MR) is 71.6 cm³/mol. The Morgan fingerprint density at radius 1 is 1.35 bits per heavy atom. The van der Waals surface area contributed by atoms with Gasteiger partial charge in [-0.25, -0.2) is 0 Å². The maximum Gasteiger partial charge on any atom is 0.0691 e. The van der Waals surface area contributed by atoms with E-state index in [4.69, 9.17) is 4.74 Å². The van der Waals surface area contributed by atoms with E-state index in [1.54, 1.807) is 0 Å². The van der Waals surface area contributed by atoms with Crippen molar-refractivity contribution in [2.24, 2.45) is 5.92 Å². The van der Waals surface area contributed by atoms with Crippen LogP contribution in [-0.4, -0.2) is 41.0 Å². The molecule has 1 aliphatic heterocycles. The average Bonchev–Trinajstić information content (AvgIpc) is 2.96. The minimum Gasteiger partial charge on any atom is -0.377 e. The monoisotopic (exact) mass is 259 g/mol. The van der Waals surface area contributed by atoms with E-state index in [2.05, 4.69) is 12.2 Å². The van der Waals surface area contributed by atoms with Gasteiger partial charge in [0.05, 0.1) is 11.4 Å². The number of hydrogen-bond donors (Lipinski definition) is 1. The zero-order valence-electron chi connectivity index (χ0n) is 11.0. The smallest absolute Gasteiger partial charge is 0.0691 e. The lowest BCUT2D eigenvalue weighted by atomic mass is 10.0. The standard InChI is InChI=1S/C13H25NO2S/c1-10-13(7-8-16-10)17(15)9-12(14-2)11-5-3-4-6-11/h10-14H,3-9H2,1-2H3. The van der Waals surface area contributed by atoms with E-state index in [0.717, 1.165) is 24.7 Å². The van der Waals surface area contributed by atoms with E-state index in [-0.39, 0.29) is 11.4 Å². The van der Waals surface area contributed by atoms with Crippen LogP contribution in [0.25, 0.3) is 0 Å². The Hall–Kier alpha value is 0.0700. The van der Waals surface area contributed by atoms with Crippen molar-refractivity contribution in [1.82, 2.24) is 5.32 Å². The SMILES string of the molecule is CNC(CS(=O)C1CCOC1C)C1CCCC1. The summed E-state index contributed by atoms with van der Waals surface area (Å²) in [4.78, 5) is 0. The van der Waals surface area contributed by atoms with Crippen LogP contribution >= 0.6 is 0 Å². The van der Waals surface area contributed by atoms with Gasteiger partial charge in [-0.05, 0) is 39.2 Å². The topological polar surface area (TPSA) is 38.3 Å². The third-order valence-electron chi connectivity index (χ3n) is 4.33. The summed E-state index contributed by atoms with van der Waals surface area (Å²) in [6.45, 7) is 2.84. The van der Waals surface area contributed by atoms with E-state index < -0.39 is 10.8 Å². The summed E-state index contributed by atoms with van der Waals surface area (Å²) >= 11 is 0. The molecular weight excluding hydrogens is 234 g/mol. The molecule has 4 unspecified atom stereocenters. The van der Waals surface area contributed by atoms with Gasteiger partial charge in [-0.1, -0.05) is 12.8 Å². The average molecular weight is 259 g/mol. The first kappa shape index (κ1) is 13.5. The summed E-state index contributed by atoms with van der Waals surface area (Å²) in [5.74, 6) is 1.54. The molecule has 100 valence electrons. The van der Waals surface area contributed by atoms with Crippen molar-refractivity contribution < 1.29 is 8.95 Å². The molecule has 1 saturated heterocycles. The molecule has 1 aliphatic carbocycles. The predicted octanol–water partition coefficient (Wildman–Crippen LogP) is 1.69. The van der Waals surface area contributed by atoms with Crippen molar-refractivity contribution >= 4 is 10.8 Å². The summed E-state index contributed by atoms with van der Waals surface area (Å²) in [5, 5.41) is 3.64. The normalized spacial score (nSPS) is 34.0. The molecule has 1 N–H and O–H groups in total. The molecule has 1 heterocycles. The van der Waals surface area contributed by atoms with Crippen molar-refractivity contribution in [2.45, 2.75) is 56.4 Å². The fourth-order valence-corrected chi connectivity index (χ4v) is 5.08. The second-order valence-electron chi connectivity index (χ2n) is 5.39. The van der Waals surface area contributed by atoms with Crippen LogP contribution in [0, 0.1) is 5.92 Å². The molecule has 2 fully saturated rings. The van der Waals surface area contributed by atoms with Crippen LogP contribution in [0.4, 0.5) is 0 Å². The first-order valence-corrected chi connectivity index (χ1v) is 8.26. The second-order valence-corrected chi connectivity index (χ2v) is 7.09. The van der Waals surface area contributed by atoms with Crippen LogP contribution in [0.2, 0.25) is 0 Å². The number of rotatable bonds is 5. The highest BCUT2D eigenvalue weighted by Crippen LogP contribution is 2.29. The summed E-state index contributed by atoms with van der Waals surface area (Å²) < 4.78 is 17.9. The minimum absolute atomic E-state index is 0.178. The summed E-state index contributed by atoms with van der Waals surface area (Å²) in [6.07, 6.45) is 6.45. The van der Waals surface area contributed by atoms with Crippen molar-refractivity contribution in [3.63, 3.8) is 0 Å². The zero-order chi connectivity index (χ0) is 12.3. The first-order chi connectivity index (χ1) is 8.22. The van der Waals surface area contributed by atoms with E-state index in [1.165, 1.54) is 25.7 Å². The van der Waals surface area contributed by atoms with Crippen LogP contribution in [-0.2, 0) is 15.5 Å². The molecule has 2 rings (SSSR count). The highest BCUT2D eigenvalue weighted by Gasteiger charge is 2.33. The van der Waals surface area contributed by atoms with Gasteiger partial charge in [-0.15, -0.1) is 0 Å². The lowest BCUT2D eigenvalue weighted by molar-refractivity contribution is 0.127. The Labute approximate surface area is 107 Å². The molecule has 0 amide bonds. The summed E-state index contributed by atoms with van der Waals surface area (Å²) in [5.41, 5.74) is 0. The van der Waals surface area contributed by atoms with E-state index in [1.807, 2.05) is 7.05 Å². The highest BCUT2D eigenvalue weighted by molar-refractivity contribution is 7.85. The zero-order valence-corrected chi connectivity index (χ0v) is 11.8. The molecule has 2 aliphatic rings. The molecule has 0 spiro atoms. The molecule has 1 saturated carbocycles. The lowest BCUT2D eigenvalue weighted by Gasteiger charge is -2.24. The Balaban J connectivity index is 1.87. The van der Waals surface area contributed by atoms with Gasteiger partial charge in [0.1, 0.15) is 0 Å². The van der Waals surface area contributed by atoms with E-state index >= 15 is 0 Å². The number of ether oxygens (including phenoxy) is 1. The van der Waals surface area contributed by atoms with Crippen LogP contribution in [0.1, 0.15) is 39.0 Å². The molecule has 0 aromatic carbocycles. The Morgan fingerprint density at radius 2 is 2.06 bits per heavy atom. The van der Waals surface area contributed by atoms with Gasteiger partial charge in [0.2, 0.25) is 0 Å². The van der Waals surface area contributed by atoms with Crippen molar-refractivity contribution in [2.75, 3.05) is 19.4 Å². The van der Waals surface area contributed by atoms with Crippen molar-refractivity contribution in [3.8, 4) is 0 Å². The fourth-order valence-electron chi connectivity index (χ4n) is 3.17. The maximum absolute atomic E-state index is 12.4. The molecule has 4 heteroatoms. The third-order valence-corrected chi connectivity index (χ3v) is 6.31. The minimum atomic E-state index is -0.739. The lowest BCUT2D eigenvalue weighted by Crippen LogP contribution is -2.40. The Bertz CT molecular complexity index is 266. The highest BCUT2D eigenvalue weighted by atomic mass is 32.2. The largest absolute Gasteiger partial charge is 0.377 e. The molecular formula is C13H25NO2S. The van der Waals surface area contributed by atoms with Gasteiger partial charge in [0.25, 0.3) is 0 Å². The fraction of sp³-hybridized carbons (Fsp3) is 1.00. The van der Waals surface area contributed by atoms with E-state index in [9.17, 15) is 4.21 Å². The third kappa shape index (κ3) is 3.30. The first-order valence-electron chi connectivity index (χ1n) is 6.88. The van der Waals surface area contributed by atoms with Crippen LogP contribution < -0.4 is 5.32 Å². The quantitative estimate of drug-likeness (QED) is 0.816. The maximum atomic E-state index is 12.4. The Morgan fingerprint density at radius 3 is 2.59 bits per heavy atom. The van der Waals surface area contributed by atoms with Crippen molar-refractivity contribution in [3.05, 3.63) is 0 Å². The van der Waals surface area contributed by atoms with Crippen LogP contribution in [0.3, 0.4) is 0 Å². The van der Waals surface area contributed by atoms with Crippen LogP contribution in [0.15, 0.2) is 0 Å². The molecule has 4 atom stereocenters. The summed E-state index contributed by atoms with van der Waals surface area (Å²) in [7, 11) is 1.27. The van der Waals surface area contributed by atoms with Gasteiger partial charge < -0.3 is 10.1 Å².